The van der Waals surface area contributed by atoms with E-state index in [1.54, 1.807) is 5.48 Å². The fraction of sp³-hybridized carbons (Fsp3) is 0.429. The van der Waals surface area contributed by atoms with E-state index in [1.807, 2.05) is 54.6 Å². The van der Waals surface area contributed by atoms with Gasteiger partial charge in [0.25, 0.3) is 0 Å². The van der Waals surface area contributed by atoms with Gasteiger partial charge in [0, 0.05) is 44.5 Å². The predicted octanol–water partition coefficient (Wildman–Crippen LogP) is 5.32. The molecule has 0 radical (unpaired) electrons. The van der Waals surface area contributed by atoms with Crippen LogP contribution in [0.15, 0.2) is 78.9 Å². The first-order chi connectivity index (χ1) is 21.4. The molecule has 9 nitrogen and oxygen atoms in total. The maximum atomic E-state index is 12.3. The minimum atomic E-state index is -0.534. The van der Waals surface area contributed by atoms with Gasteiger partial charge in [-0.1, -0.05) is 91.7 Å². The third-order valence-electron chi connectivity index (χ3n) is 7.85. The summed E-state index contributed by atoms with van der Waals surface area (Å²) >= 11 is 0. The van der Waals surface area contributed by atoms with E-state index in [0.717, 1.165) is 61.0 Å². The van der Waals surface area contributed by atoms with E-state index in [1.165, 1.54) is 5.56 Å². The van der Waals surface area contributed by atoms with Crippen molar-refractivity contribution in [3.05, 3.63) is 107 Å². The first kappa shape index (κ1) is 33.3. The highest BCUT2D eigenvalue weighted by molar-refractivity contribution is 5.75. The number of hydroxylamine groups is 1. The number of likely N-dealkylation sites (N-methyl/N-ethyl adjacent to an activating group) is 1. The Morgan fingerprint density at radius 3 is 2.09 bits per heavy atom. The molecule has 44 heavy (non-hydrogen) atoms. The van der Waals surface area contributed by atoms with Crippen molar-refractivity contribution in [1.82, 2.24) is 15.7 Å². The highest BCUT2D eigenvalue weighted by Gasteiger charge is 2.32. The number of carbonyl (C=O) groups excluding carboxylic acids is 2. The smallest absolute Gasteiger partial charge is 0.243 e. The van der Waals surface area contributed by atoms with Gasteiger partial charge in [0.05, 0.1) is 18.8 Å². The Bertz CT molecular complexity index is 1290. The Morgan fingerprint density at radius 2 is 1.43 bits per heavy atom. The summed E-state index contributed by atoms with van der Waals surface area (Å²) in [6.07, 6.45) is 3.87. The number of unbranched alkanes of at least 4 members (excludes halogenated alkanes) is 3. The lowest BCUT2D eigenvalue weighted by Gasteiger charge is -2.38. The Morgan fingerprint density at radius 1 is 0.795 bits per heavy atom. The molecule has 1 heterocycles. The average Bonchev–Trinajstić information content (AvgIpc) is 3.05. The zero-order chi connectivity index (χ0) is 31.1. The minimum Gasteiger partial charge on any atom is -0.392 e. The van der Waals surface area contributed by atoms with Gasteiger partial charge in [-0.25, -0.2) is 5.48 Å². The highest BCUT2D eigenvalue weighted by Crippen LogP contribution is 2.38. The number of aliphatic hydroxyl groups excluding tert-OH is 1. The number of aliphatic hydroxyl groups is 1. The van der Waals surface area contributed by atoms with Crippen LogP contribution in [-0.4, -0.2) is 46.7 Å². The number of amides is 2. The lowest BCUT2D eigenvalue weighted by molar-refractivity contribution is -0.252. The largest absolute Gasteiger partial charge is 0.392 e. The molecule has 1 fully saturated rings. The van der Waals surface area contributed by atoms with Crippen LogP contribution in [0.1, 0.15) is 85.2 Å². The molecule has 3 aromatic rings. The molecule has 0 spiro atoms. The van der Waals surface area contributed by atoms with Crippen molar-refractivity contribution >= 4 is 11.8 Å². The normalized spacial score (nSPS) is 18.2. The fourth-order valence-corrected chi connectivity index (χ4v) is 5.40. The SMILES string of the molecule is CN(Cc1ccccc1)C[C@H]1C[C@@H](c2ccc(CO)cc2)O[C@@H](c2ccc(CNC(=O)CCCCCCC(=O)NO)cc2)O1. The van der Waals surface area contributed by atoms with Crippen LogP contribution in [0.2, 0.25) is 0 Å². The molecular formula is C35H45N3O6. The quantitative estimate of drug-likeness (QED) is 0.0994. The second-order valence-corrected chi connectivity index (χ2v) is 11.5. The van der Waals surface area contributed by atoms with E-state index >= 15 is 0 Å². The highest BCUT2D eigenvalue weighted by atomic mass is 16.7. The minimum absolute atomic E-state index is 0.00125. The lowest BCUT2D eigenvalue weighted by atomic mass is 9.99. The van der Waals surface area contributed by atoms with E-state index in [4.69, 9.17) is 14.7 Å². The molecule has 0 aliphatic carbocycles. The van der Waals surface area contributed by atoms with Crippen molar-refractivity contribution < 1.29 is 29.4 Å². The van der Waals surface area contributed by atoms with Gasteiger partial charge >= 0.3 is 0 Å². The summed E-state index contributed by atoms with van der Waals surface area (Å²) in [7, 11) is 2.11. The Kier molecular flexibility index (Phi) is 13.3. The molecule has 2 amide bonds. The molecule has 236 valence electrons. The van der Waals surface area contributed by atoms with Gasteiger partial charge in [0.2, 0.25) is 11.8 Å². The molecule has 0 unspecified atom stereocenters. The summed E-state index contributed by atoms with van der Waals surface area (Å²) < 4.78 is 13.0. The number of nitrogens with one attached hydrogen (secondary N) is 2. The monoisotopic (exact) mass is 603 g/mol. The van der Waals surface area contributed by atoms with Crippen molar-refractivity contribution in [1.29, 1.82) is 0 Å². The van der Waals surface area contributed by atoms with E-state index in [-0.39, 0.29) is 30.6 Å². The third kappa shape index (κ3) is 10.8. The van der Waals surface area contributed by atoms with Gasteiger partial charge in [-0.2, -0.15) is 0 Å². The number of benzene rings is 3. The molecule has 3 atom stereocenters. The summed E-state index contributed by atoms with van der Waals surface area (Å²) in [4.78, 5) is 25.6. The molecule has 1 saturated heterocycles. The first-order valence-corrected chi connectivity index (χ1v) is 15.4. The molecule has 0 aromatic heterocycles. The van der Waals surface area contributed by atoms with Gasteiger partial charge < -0.3 is 19.9 Å². The van der Waals surface area contributed by atoms with E-state index in [0.29, 0.717) is 25.8 Å². The van der Waals surface area contributed by atoms with Crippen LogP contribution in [0.4, 0.5) is 0 Å². The molecule has 1 aliphatic heterocycles. The summed E-state index contributed by atoms with van der Waals surface area (Å²) in [5.41, 5.74) is 6.71. The molecule has 9 heteroatoms. The summed E-state index contributed by atoms with van der Waals surface area (Å²) in [6.45, 7) is 2.02. The van der Waals surface area contributed by atoms with Crippen molar-refractivity contribution in [2.24, 2.45) is 0 Å². The molecule has 1 aliphatic rings. The number of carbonyl (C=O) groups is 2. The molecule has 4 N–H and O–H groups in total. The number of hydrogen-bond donors (Lipinski definition) is 4. The average molecular weight is 604 g/mol. The summed E-state index contributed by atoms with van der Waals surface area (Å²) in [6, 6.07) is 26.3. The van der Waals surface area contributed by atoms with Crippen LogP contribution >= 0.6 is 0 Å². The fourth-order valence-electron chi connectivity index (χ4n) is 5.40. The van der Waals surface area contributed by atoms with Crippen molar-refractivity contribution in [2.75, 3.05) is 13.6 Å². The second kappa shape index (κ2) is 17.6. The number of ether oxygens (including phenoxy) is 2. The van der Waals surface area contributed by atoms with Gasteiger partial charge in [-0.05, 0) is 42.1 Å². The number of nitrogens with zero attached hydrogens (tertiary/aromatic N) is 1. The maximum absolute atomic E-state index is 12.3. The van der Waals surface area contributed by atoms with Crippen LogP contribution in [-0.2, 0) is 38.8 Å². The standard InChI is InChI=1S/C35H45N3O6/c1-38(23-27-9-5-4-6-10-27)24-31-21-32(29-17-15-28(25-39)16-18-29)44-35(43-31)30-19-13-26(14-20-30)22-36-33(40)11-7-2-3-8-12-34(41)37-42/h4-6,9-10,13-20,31-32,35,39,42H,2-3,7-8,11-12,21-25H2,1H3,(H,36,40)(H,37,41)/t31-,32+,35+/m1/s1. The first-order valence-electron chi connectivity index (χ1n) is 15.4. The van der Waals surface area contributed by atoms with Crippen molar-refractivity contribution in [3.63, 3.8) is 0 Å². The van der Waals surface area contributed by atoms with Gasteiger partial charge in [0.1, 0.15) is 0 Å². The molecule has 3 aromatic carbocycles. The topological polar surface area (TPSA) is 120 Å². The van der Waals surface area contributed by atoms with E-state index < -0.39 is 6.29 Å². The molecule has 4 rings (SSSR count). The molecular weight excluding hydrogens is 558 g/mol. The van der Waals surface area contributed by atoms with Crippen LogP contribution in [0.25, 0.3) is 0 Å². The third-order valence-corrected chi connectivity index (χ3v) is 7.85. The molecule has 0 bridgehead atoms. The Balaban J connectivity index is 1.31. The van der Waals surface area contributed by atoms with Gasteiger partial charge in [-0.3, -0.25) is 19.7 Å². The second-order valence-electron chi connectivity index (χ2n) is 11.5. The van der Waals surface area contributed by atoms with E-state index in [2.05, 4.69) is 41.5 Å². The lowest BCUT2D eigenvalue weighted by Crippen LogP contribution is -2.37. The maximum Gasteiger partial charge on any atom is 0.243 e. The number of rotatable bonds is 16. The zero-order valence-corrected chi connectivity index (χ0v) is 25.5. The van der Waals surface area contributed by atoms with Crippen molar-refractivity contribution in [2.45, 2.75) is 83.1 Å². The van der Waals surface area contributed by atoms with Crippen LogP contribution in [0.3, 0.4) is 0 Å². The van der Waals surface area contributed by atoms with Crippen LogP contribution in [0, 0.1) is 0 Å². The molecule has 0 saturated carbocycles. The summed E-state index contributed by atoms with van der Waals surface area (Å²) in [5.74, 6) is -0.381. The predicted molar refractivity (Wildman–Crippen MR) is 167 cm³/mol. The van der Waals surface area contributed by atoms with Crippen LogP contribution < -0.4 is 10.8 Å². The Labute approximate surface area is 260 Å². The zero-order valence-electron chi connectivity index (χ0n) is 25.5. The Hall–Kier alpha value is -3.60. The van der Waals surface area contributed by atoms with Crippen molar-refractivity contribution in [3.8, 4) is 0 Å². The van der Waals surface area contributed by atoms with E-state index in [9.17, 15) is 14.7 Å². The van der Waals surface area contributed by atoms with Gasteiger partial charge in [0.15, 0.2) is 6.29 Å². The summed E-state index contributed by atoms with van der Waals surface area (Å²) in [5, 5.41) is 21.0. The van der Waals surface area contributed by atoms with Gasteiger partial charge in [-0.15, -0.1) is 0 Å². The van der Waals surface area contributed by atoms with Crippen LogP contribution in [0.5, 0.6) is 0 Å². The number of hydrogen-bond acceptors (Lipinski definition) is 7.